The number of hydrogen-bond acceptors (Lipinski definition) is 7. The fourth-order valence-corrected chi connectivity index (χ4v) is 12.9. The Labute approximate surface area is 476 Å². The molecule has 347 valence electrons. The van der Waals surface area contributed by atoms with E-state index in [-0.39, 0.29) is 87.1 Å². The van der Waals surface area contributed by atoms with Gasteiger partial charge in [0.25, 0.3) is 6.47 Å². The molecule has 8 aromatic carbocycles. The van der Waals surface area contributed by atoms with Crippen LogP contribution < -0.4 is 102 Å². The van der Waals surface area contributed by atoms with Crippen LogP contribution in [0, 0.1) is 6.07 Å². The van der Waals surface area contributed by atoms with Gasteiger partial charge in [-0.15, -0.1) is 16.8 Å². The molecule has 0 N–H and O–H groups in total. The molecule has 8 aromatic rings. The molecule has 0 bridgehead atoms. The third kappa shape index (κ3) is 14.5. The fourth-order valence-electron chi connectivity index (χ4n) is 7.38. The molecule has 1 saturated heterocycles. The monoisotopic (exact) mass is 1380 g/mol. The number of benzene rings is 8. The van der Waals surface area contributed by atoms with Crippen molar-refractivity contribution in [2.24, 2.45) is 0 Å². The molecule has 9 rings (SSSR count). The van der Waals surface area contributed by atoms with E-state index in [4.69, 9.17) is 48.1 Å². The molecule has 1 heterocycles. The Bertz CT molecular complexity index is 2830. The summed E-state index contributed by atoms with van der Waals surface area (Å²) >= 11 is -1.92. The molecule has 1 aliphatic heterocycles. The van der Waals surface area contributed by atoms with E-state index < -0.39 is 46.1 Å². The summed E-state index contributed by atoms with van der Waals surface area (Å²) < 4.78 is 42.4. The van der Waals surface area contributed by atoms with Gasteiger partial charge in [-0.05, 0) is 50.0 Å². The van der Waals surface area contributed by atoms with Gasteiger partial charge in [0, 0.05) is 46.6 Å². The maximum Gasteiger partial charge on any atom is 1.00 e. The summed E-state index contributed by atoms with van der Waals surface area (Å²) in [5, 5.41) is 17.5. The zero-order chi connectivity index (χ0) is 46.7. The predicted octanol–water partition coefficient (Wildman–Crippen LogP) is 3.68. The number of halogens is 3. The second kappa shape index (κ2) is 28.0. The second-order valence-corrected chi connectivity index (χ2v) is 31.5. The zero-order valence-electron chi connectivity index (χ0n) is 39.2. The van der Waals surface area contributed by atoms with E-state index in [0.29, 0.717) is 0 Å². The average Bonchev–Trinajstić information content (AvgIpc) is 3.56. The van der Waals surface area contributed by atoms with Crippen molar-refractivity contribution in [2.45, 2.75) is 38.9 Å². The summed E-state index contributed by atoms with van der Waals surface area (Å²) in [5.41, 5.74) is -0.169. The first-order valence-corrected chi connectivity index (χ1v) is 32.6. The Balaban J connectivity index is 0.000000401. The van der Waals surface area contributed by atoms with Crippen molar-refractivity contribution in [3.8, 4) is 0 Å². The van der Waals surface area contributed by atoms with Gasteiger partial charge in [-0.1, -0.05) is 175 Å². The molecule has 1 fully saturated rings. The van der Waals surface area contributed by atoms with Crippen LogP contribution in [-0.4, -0.2) is 24.8 Å². The Kier molecular flexibility index (Phi) is 24.9. The van der Waals surface area contributed by atoms with Crippen LogP contribution in [0.2, 0.25) is 0 Å². The average molecular weight is 1380 g/mol. The van der Waals surface area contributed by atoms with Gasteiger partial charge < -0.3 is 30.0 Å². The summed E-state index contributed by atoms with van der Waals surface area (Å²) in [6, 6.07) is 66.6. The van der Waals surface area contributed by atoms with Crippen molar-refractivity contribution in [1.82, 2.24) is 0 Å². The molecular weight excluding hydrogens is 1330 g/mol. The van der Waals surface area contributed by atoms with Crippen LogP contribution in [0.3, 0.4) is 0 Å². The Morgan fingerprint density at radius 1 is 0.574 bits per heavy atom. The van der Waals surface area contributed by atoms with E-state index >= 15 is 4.57 Å². The van der Waals surface area contributed by atoms with Crippen molar-refractivity contribution >= 4 is 115 Å². The molecule has 0 saturated carbocycles. The first-order chi connectivity index (χ1) is 31.2. The van der Waals surface area contributed by atoms with Crippen molar-refractivity contribution in [1.29, 1.82) is 0 Å². The standard InChI is InChI=1S/C28H28BO3P.C22H16OP.CH2O3.3ClH.2Ir.2Na.H/c1-27(2)28(3,4)32-29(31-27)25-19-21-13-11-12-14-22(21)20-26(25)33(30,23-15-7-5-8-16-23)24-17-9-6-10-18-24;23-24(20-11-3-1-4-12-20,21-13-5-2-6-14-21)22-16-15-18-9-7-8-10-19(18)17-22;2-1-4-3;;;;;;;;/h5-20H,1-4H3;1-15,17H;1,3H;3*1H;;;;;/q;-1;;;;;;+3;2*+1;-1/p-4. The van der Waals surface area contributed by atoms with Gasteiger partial charge >= 0.3 is 108 Å². The van der Waals surface area contributed by atoms with E-state index in [0.717, 1.165) is 58.8 Å². The molecule has 17 heteroatoms. The SMILES string of the molecule is CC1(C)OB(c2cc3ccccc3cc2P(=O)(c2ccccc2)c2ccccc2)OC1(C)C.O=CO[O-].O=P(c1[c-]cc2ccccc2c1)(c1ccccc1)c1ccccc1.[Cl][Ir]([Cl])[Cl].[H-].[Ir].[Na+].[Na+]. The van der Waals surface area contributed by atoms with Gasteiger partial charge in [-0.3, -0.25) is 4.79 Å². The molecule has 68 heavy (non-hydrogen) atoms. The van der Waals surface area contributed by atoms with Gasteiger partial charge in [0.15, 0.2) is 7.14 Å². The van der Waals surface area contributed by atoms with E-state index in [1.165, 1.54) is 0 Å². The van der Waals surface area contributed by atoms with Gasteiger partial charge in [-0.25, -0.2) is 0 Å². The molecule has 0 unspecified atom stereocenters. The quantitative estimate of drug-likeness (QED) is 0.0573. The maximum absolute atomic E-state index is 15.3. The Morgan fingerprint density at radius 2 is 0.882 bits per heavy atom. The Hall–Kier alpha value is -1.68. The maximum atomic E-state index is 15.3. The summed E-state index contributed by atoms with van der Waals surface area (Å²) in [5.74, 6) is 0. The third-order valence-electron chi connectivity index (χ3n) is 11.3. The van der Waals surface area contributed by atoms with Crippen LogP contribution in [0.1, 0.15) is 29.1 Å². The normalized spacial score (nSPS) is 13.5. The van der Waals surface area contributed by atoms with Gasteiger partial charge in [0.1, 0.15) is 7.14 Å². The molecule has 0 aromatic heterocycles. The minimum Gasteiger partial charge on any atom is -1.00 e. The topological polar surface area (TPSA) is 102 Å². The molecular formula is C51H46BCl3Ir2Na2O7P2-. The van der Waals surface area contributed by atoms with Crippen molar-refractivity contribution in [3.63, 3.8) is 0 Å². The van der Waals surface area contributed by atoms with E-state index in [1.807, 2.05) is 198 Å². The predicted molar refractivity (Wildman–Crippen MR) is 267 cm³/mol. The van der Waals surface area contributed by atoms with Crippen molar-refractivity contribution in [3.05, 3.63) is 200 Å². The first-order valence-electron chi connectivity index (χ1n) is 20.2. The molecule has 1 radical (unpaired) electrons. The van der Waals surface area contributed by atoms with Crippen LogP contribution in [0.15, 0.2) is 194 Å². The van der Waals surface area contributed by atoms with Gasteiger partial charge in [-0.2, -0.15) is 18.2 Å². The molecule has 0 atom stereocenters. The summed E-state index contributed by atoms with van der Waals surface area (Å²) in [6.45, 7) is 7.99. The van der Waals surface area contributed by atoms with Crippen LogP contribution in [-0.2, 0) is 61.7 Å². The summed E-state index contributed by atoms with van der Waals surface area (Å²) in [7, 11) is 8.15. The zero-order valence-corrected chi connectivity index (χ0v) is 51.0. The number of fused-ring (bicyclic) bond motifs is 2. The minimum atomic E-state index is -3.21. The number of carbonyl (C=O) groups excluding carboxylic acids is 1. The molecule has 0 spiro atoms. The van der Waals surface area contributed by atoms with E-state index in [9.17, 15) is 4.57 Å². The van der Waals surface area contributed by atoms with E-state index in [1.54, 1.807) is 0 Å². The largest absolute Gasteiger partial charge is 1.00 e. The van der Waals surface area contributed by atoms with Crippen LogP contribution in [0.25, 0.3) is 21.5 Å². The molecule has 0 aliphatic carbocycles. The number of rotatable bonds is 8. The van der Waals surface area contributed by atoms with Gasteiger partial charge in [0.2, 0.25) is 0 Å². The van der Waals surface area contributed by atoms with Crippen molar-refractivity contribution < 1.29 is 127 Å². The van der Waals surface area contributed by atoms with Crippen LogP contribution in [0.4, 0.5) is 0 Å². The first kappa shape index (κ1) is 60.6. The van der Waals surface area contributed by atoms with Gasteiger partial charge in [0.05, 0.1) is 11.2 Å². The molecule has 7 nitrogen and oxygen atoms in total. The number of hydrogen-bond donors (Lipinski definition) is 0. The summed E-state index contributed by atoms with van der Waals surface area (Å²) in [6.07, 6.45) is 0. The smallest absolute Gasteiger partial charge is 1.00 e. The van der Waals surface area contributed by atoms with Crippen LogP contribution in [0.5, 0.6) is 0 Å². The van der Waals surface area contributed by atoms with Crippen molar-refractivity contribution in [2.75, 3.05) is 0 Å². The third-order valence-corrected chi connectivity index (χ3v) is 17.4. The van der Waals surface area contributed by atoms with Crippen LogP contribution >= 0.6 is 43.0 Å². The van der Waals surface area contributed by atoms with E-state index in [2.05, 4.69) is 35.2 Å². The minimum absolute atomic E-state index is 0. The number of carbonyl (C=O) groups is 1. The summed E-state index contributed by atoms with van der Waals surface area (Å²) in [4.78, 5) is 11.2. The second-order valence-electron chi connectivity index (χ2n) is 15.7. The molecule has 0 amide bonds. The molecule has 1 aliphatic rings. The Morgan fingerprint density at radius 3 is 1.25 bits per heavy atom. The fraction of sp³-hybridized carbons (Fsp3) is 0.118.